The van der Waals surface area contributed by atoms with Crippen molar-refractivity contribution in [3.05, 3.63) is 52.6 Å². The minimum atomic E-state index is -0.418. The smallest absolute Gasteiger partial charge is 0.338 e. The second-order valence-corrected chi connectivity index (χ2v) is 5.15. The fourth-order valence-electron chi connectivity index (χ4n) is 1.63. The van der Waals surface area contributed by atoms with E-state index in [1.807, 2.05) is 0 Å². The molecule has 0 aliphatic carbocycles. The SMILES string of the molecule is CCOC(=O)c1ccc(NC(=O)Nc2ccc(Br)cn2)cc1. The molecular weight excluding hydrogens is 350 g/mol. The molecule has 1 aromatic heterocycles. The molecule has 0 saturated carbocycles. The highest BCUT2D eigenvalue weighted by Crippen LogP contribution is 2.13. The Bertz CT molecular complexity index is 657. The maximum atomic E-state index is 11.8. The van der Waals surface area contributed by atoms with Crippen LogP contribution in [0.4, 0.5) is 16.3 Å². The zero-order chi connectivity index (χ0) is 15.9. The monoisotopic (exact) mass is 363 g/mol. The third-order valence-corrected chi connectivity index (χ3v) is 3.09. The number of ether oxygens (including phenoxy) is 1. The van der Waals surface area contributed by atoms with E-state index in [4.69, 9.17) is 4.74 Å². The molecule has 2 aromatic rings. The highest BCUT2D eigenvalue weighted by Gasteiger charge is 2.07. The van der Waals surface area contributed by atoms with Gasteiger partial charge in [0.1, 0.15) is 5.82 Å². The second-order valence-electron chi connectivity index (χ2n) is 4.24. The van der Waals surface area contributed by atoms with Gasteiger partial charge in [0, 0.05) is 16.4 Å². The molecule has 0 saturated heterocycles. The van der Waals surface area contributed by atoms with E-state index >= 15 is 0 Å². The molecule has 0 spiro atoms. The van der Waals surface area contributed by atoms with Gasteiger partial charge in [-0.2, -0.15) is 0 Å². The van der Waals surface area contributed by atoms with Crippen LogP contribution in [0.1, 0.15) is 17.3 Å². The van der Waals surface area contributed by atoms with Crippen molar-refractivity contribution in [2.45, 2.75) is 6.92 Å². The molecule has 1 heterocycles. The van der Waals surface area contributed by atoms with Crippen LogP contribution in [0.25, 0.3) is 0 Å². The third-order valence-electron chi connectivity index (χ3n) is 2.62. The lowest BCUT2D eigenvalue weighted by atomic mass is 10.2. The van der Waals surface area contributed by atoms with Gasteiger partial charge in [0.2, 0.25) is 0 Å². The average molecular weight is 364 g/mol. The maximum Gasteiger partial charge on any atom is 0.338 e. The second kappa shape index (κ2) is 7.56. The summed E-state index contributed by atoms with van der Waals surface area (Å²) in [6.07, 6.45) is 1.59. The first kappa shape index (κ1) is 16.0. The van der Waals surface area contributed by atoms with Gasteiger partial charge in [-0.05, 0) is 59.3 Å². The van der Waals surface area contributed by atoms with Crippen LogP contribution in [-0.2, 0) is 4.74 Å². The summed E-state index contributed by atoms with van der Waals surface area (Å²) < 4.78 is 5.71. The van der Waals surface area contributed by atoms with Crippen LogP contribution in [0.5, 0.6) is 0 Å². The summed E-state index contributed by atoms with van der Waals surface area (Å²) in [5.41, 5.74) is 0.991. The molecule has 0 fully saturated rings. The summed E-state index contributed by atoms with van der Waals surface area (Å²) in [5, 5.41) is 5.25. The van der Waals surface area contributed by atoms with Gasteiger partial charge in [0.05, 0.1) is 12.2 Å². The van der Waals surface area contributed by atoms with Crippen LogP contribution >= 0.6 is 15.9 Å². The Morgan fingerprint density at radius 2 is 1.86 bits per heavy atom. The Hall–Kier alpha value is -2.41. The summed E-state index contributed by atoms with van der Waals surface area (Å²) in [4.78, 5) is 27.4. The Morgan fingerprint density at radius 3 is 2.45 bits per heavy atom. The van der Waals surface area contributed by atoms with Crippen molar-refractivity contribution in [1.29, 1.82) is 0 Å². The van der Waals surface area contributed by atoms with Crippen molar-refractivity contribution >= 4 is 39.4 Å². The first-order chi connectivity index (χ1) is 10.6. The lowest BCUT2D eigenvalue weighted by molar-refractivity contribution is 0.0526. The summed E-state index contributed by atoms with van der Waals surface area (Å²) in [7, 11) is 0. The van der Waals surface area contributed by atoms with Crippen LogP contribution in [-0.4, -0.2) is 23.6 Å². The molecule has 22 heavy (non-hydrogen) atoms. The van der Waals surface area contributed by atoms with Gasteiger partial charge in [-0.25, -0.2) is 14.6 Å². The minimum absolute atomic E-state index is 0.321. The van der Waals surface area contributed by atoms with Gasteiger partial charge in [-0.1, -0.05) is 0 Å². The predicted molar refractivity (Wildman–Crippen MR) is 87.0 cm³/mol. The lowest BCUT2D eigenvalue weighted by Gasteiger charge is -2.08. The molecule has 0 bridgehead atoms. The maximum absolute atomic E-state index is 11.8. The van der Waals surface area contributed by atoms with Gasteiger partial charge in [0.25, 0.3) is 0 Å². The molecule has 7 heteroatoms. The number of nitrogens with one attached hydrogen (secondary N) is 2. The Morgan fingerprint density at radius 1 is 1.14 bits per heavy atom. The number of hydrogen-bond acceptors (Lipinski definition) is 4. The molecule has 0 radical (unpaired) electrons. The highest BCUT2D eigenvalue weighted by atomic mass is 79.9. The Kier molecular flexibility index (Phi) is 5.48. The molecule has 114 valence electrons. The van der Waals surface area contributed by atoms with E-state index in [1.54, 1.807) is 49.5 Å². The van der Waals surface area contributed by atoms with Gasteiger partial charge >= 0.3 is 12.0 Å². The number of pyridine rings is 1. The normalized spacial score (nSPS) is 9.91. The number of benzene rings is 1. The number of esters is 1. The number of aromatic nitrogens is 1. The van der Waals surface area contributed by atoms with Gasteiger partial charge in [0.15, 0.2) is 0 Å². The van der Waals surface area contributed by atoms with Crippen molar-refractivity contribution in [3.8, 4) is 0 Å². The highest BCUT2D eigenvalue weighted by molar-refractivity contribution is 9.10. The molecule has 0 atom stereocenters. The van der Waals surface area contributed by atoms with Crippen molar-refractivity contribution in [3.63, 3.8) is 0 Å². The van der Waals surface area contributed by atoms with E-state index in [0.717, 1.165) is 4.47 Å². The lowest BCUT2D eigenvalue weighted by Crippen LogP contribution is -2.20. The molecule has 0 unspecified atom stereocenters. The zero-order valence-electron chi connectivity index (χ0n) is 11.8. The molecule has 2 rings (SSSR count). The van der Waals surface area contributed by atoms with Crippen LogP contribution in [0.2, 0.25) is 0 Å². The zero-order valence-corrected chi connectivity index (χ0v) is 13.4. The number of rotatable bonds is 4. The molecule has 1 aromatic carbocycles. The van der Waals surface area contributed by atoms with Gasteiger partial charge in [-0.15, -0.1) is 0 Å². The van der Waals surface area contributed by atoms with Crippen LogP contribution in [0.15, 0.2) is 47.1 Å². The molecule has 2 amide bonds. The predicted octanol–water partition coefficient (Wildman–Crippen LogP) is 3.66. The fraction of sp³-hybridized carbons (Fsp3) is 0.133. The summed E-state index contributed by atoms with van der Waals surface area (Å²) >= 11 is 3.27. The number of nitrogens with zero attached hydrogens (tertiary/aromatic N) is 1. The summed E-state index contributed by atoms with van der Waals surface area (Å²) in [6, 6.07) is 9.46. The Labute approximate surface area is 136 Å². The largest absolute Gasteiger partial charge is 0.462 e. The van der Waals surface area contributed by atoms with E-state index in [2.05, 4.69) is 31.5 Å². The van der Waals surface area contributed by atoms with Crippen LogP contribution in [0.3, 0.4) is 0 Å². The molecule has 0 aliphatic heterocycles. The van der Waals surface area contributed by atoms with E-state index in [0.29, 0.717) is 23.7 Å². The summed E-state index contributed by atoms with van der Waals surface area (Å²) in [6.45, 7) is 2.07. The number of anilines is 2. The number of carbonyl (C=O) groups excluding carboxylic acids is 2. The van der Waals surface area contributed by atoms with Crippen molar-refractivity contribution in [1.82, 2.24) is 4.98 Å². The van der Waals surface area contributed by atoms with E-state index < -0.39 is 12.0 Å². The topological polar surface area (TPSA) is 80.3 Å². The quantitative estimate of drug-likeness (QED) is 0.812. The number of hydrogen-bond donors (Lipinski definition) is 2. The number of halogens is 1. The molecule has 0 aliphatic rings. The van der Waals surface area contributed by atoms with Crippen molar-refractivity contribution < 1.29 is 14.3 Å². The number of amides is 2. The third kappa shape index (κ3) is 4.56. The van der Waals surface area contributed by atoms with Crippen molar-refractivity contribution in [2.24, 2.45) is 0 Å². The molecule has 2 N–H and O–H groups in total. The average Bonchev–Trinajstić information content (AvgIpc) is 2.50. The molecular formula is C15H14BrN3O3. The minimum Gasteiger partial charge on any atom is -0.462 e. The first-order valence-corrected chi connectivity index (χ1v) is 7.34. The standard InChI is InChI=1S/C15H14BrN3O3/c1-2-22-14(20)10-3-6-12(7-4-10)18-15(21)19-13-8-5-11(16)9-17-13/h3-9H,2H2,1H3,(H2,17,18,19,21). The fourth-order valence-corrected chi connectivity index (χ4v) is 1.87. The Balaban J connectivity index is 1.94. The number of urea groups is 1. The van der Waals surface area contributed by atoms with Crippen LogP contribution < -0.4 is 10.6 Å². The van der Waals surface area contributed by atoms with Crippen LogP contribution in [0, 0.1) is 0 Å². The van der Waals surface area contributed by atoms with Gasteiger partial charge in [-0.3, -0.25) is 5.32 Å². The van der Waals surface area contributed by atoms with E-state index in [9.17, 15) is 9.59 Å². The van der Waals surface area contributed by atoms with E-state index in [-0.39, 0.29) is 0 Å². The van der Waals surface area contributed by atoms with Gasteiger partial charge < -0.3 is 10.1 Å². The molecule has 6 nitrogen and oxygen atoms in total. The first-order valence-electron chi connectivity index (χ1n) is 6.55. The van der Waals surface area contributed by atoms with Crippen molar-refractivity contribution in [2.75, 3.05) is 17.2 Å². The summed E-state index contributed by atoms with van der Waals surface area (Å²) in [5.74, 6) is 0.0430. The van der Waals surface area contributed by atoms with E-state index in [1.165, 1.54) is 0 Å². The number of carbonyl (C=O) groups is 2.